The van der Waals surface area contributed by atoms with Crippen LogP contribution in [0, 0.1) is 20.8 Å². The molecule has 0 radical (unpaired) electrons. The average Bonchev–Trinajstić information content (AvgIpc) is 2.50. The summed E-state index contributed by atoms with van der Waals surface area (Å²) in [7, 11) is 1.62. The molecule has 0 saturated heterocycles. The Bertz CT molecular complexity index is 675. The fourth-order valence-corrected chi connectivity index (χ4v) is 2.47. The number of benzene rings is 2. The molecule has 0 bridgehead atoms. The van der Waals surface area contributed by atoms with Crippen LogP contribution in [0.25, 0.3) is 0 Å². The van der Waals surface area contributed by atoms with Gasteiger partial charge in [0.15, 0.2) is 0 Å². The first-order chi connectivity index (χ1) is 11.0. The molecule has 0 unspecified atom stereocenters. The van der Waals surface area contributed by atoms with Crippen LogP contribution in [0.4, 0.5) is 0 Å². The van der Waals surface area contributed by atoms with Gasteiger partial charge in [-0.1, -0.05) is 6.07 Å². The molecule has 1 amide bonds. The second-order valence-electron chi connectivity index (χ2n) is 5.61. The second kappa shape index (κ2) is 7.68. The maximum atomic E-state index is 12.1. The Hall–Kier alpha value is -2.49. The van der Waals surface area contributed by atoms with Crippen LogP contribution < -0.4 is 14.8 Å². The van der Waals surface area contributed by atoms with Crippen LogP contribution in [-0.2, 0) is 0 Å². The monoisotopic (exact) mass is 313 g/mol. The summed E-state index contributed by atoms with van der Waals surface area (Å²) in [4.78, 5) is 12.1. The summed E-state index contributed by atoms with van der Waals surface area (Å²) in [5.41, 5.74) is 3.89. The molecular weight excluding hydrogens is 290 g/mol. The first-order valence-corrected chi connectivity index (χ1v) is 7.63. The summed E-state index contributed by atoms with van der Waals surface area (Å²) < 4.78 is 10.9. The van der Waals surface area contributed by atoms with Crippen molar-refractivity contribution < 1.29 is 14.3 Å². The Kier molecular flexibility index (Phi) is 5.63. The van der Waals surface area contributed by atoms with Crippen molar-refractivity contribution in [3.05, 3.63) is 58.7 Å². The van der Waals surface area contributed by atoms with Crippen LogP contribution in [0.3, 0.4) is 0 Å². The summed E-state index contributed by atoms with van der Waals surface area (Å²) in [6, 6.07) is 11.4. The lowest BCUT2D eigenvalue weighted by atomic mass is 10.1. The Balaban J connectivity index is 1.84. The van der Waals surface area contributed by atoms with Gasteiger partial charge in [0.05, 0.1) is 13.7 Å². The van der Waals surface area contributed by atoms with Gasteiger partial charge in [-0.05, 0) is 67.8 Å². The van der Waals surface area contributed by atoms with Gasteiger partial charge in [0, 0.05) is 5.56 Å². The maximum Gasteiger partial charge on any atom is 0.251 e. The van der Waals surface area contributed by atoms with Crippen LogP contribution in [-0.4, -0.2) is 26.2 Å². The lowest BCUT2D eigenvalue weighted by Gasteiger charge is -2.10. The molecule has 0 aliphatic heterocycles. The molecule has 23 heavy (non-hydrogen) atoms. The Morgan fingerprint density at radius 1 is 1.04 bits per heavy atom. The zero-order valence-electron chi connectivity index (χ0n) is 14.1. The molecule has 0 heterocycles. The zero-order chi connectivity index (χ0) is 16.8. The van der Waals surface area contributed by atoms with Crippen molar-refractivity contribution in [1.29, 1.82) is 0 Å². The van der Waals surface area contributed by atoms with Crippen LogP contribution in [0.1, 0.15) is 27.0 Å². The van der Waals surface area contributed by atoms with Gasteiger partial charge in [0.1, 0.15) is 18.1 Å². The Morgan fingerprint density at radius 3 is 2.35 bits per heavy atom. The van der Waals surface area contributed by atoms with Gasteiger partial charge in [0.2, 0.25) is 0 Å². The minimum atomic E-state index is -0.111. The lowest BCUT2D eigenvalue weighted by molar-refractivity contribution is 0.0947. The third-order valence-corrected chi connectivity index (χ3v) is 3.51. The van der Waals surface area contributed by atoms with Crippen LogP contribution in [0.2, 0.25) is 0 Å². The number of methoxy groups -OCH3 is 1. The van der Waals surface area contributed by atoms with Gasteiger partial charge in [-0.25, -0.2) is 0 Å². The van der Waals surface area contributed by atoms with E-state index in [1.54, 1.807) is 19.2 Å². The van der Waals surface area contributed by atoms with Crippen LogP contribution >= 0.6 is 0 Å². The van der Waals surface area contributed by atoms with Gasteiger partial charge in [-0.15, -0.1) is 0 Å². The summed E-state index contributed by atoms with van der Waals surface area (Å²) in [5.74, 6) is 1.50. The SMILES string of the molecule is COc1ccc(C(=O)NCCOc2cc(C)cc(C)c2)cc1C. The minimum Gasteiger partial charge on any atom is -0.496 e. The van der Waals surface area contributed by atoms with E-state index in [0.29, 0.717) is 18.7 Å². The van der Waals surface area contributed by atoms with Crippen molar-refractivity contribution >= 4 is 5.91 Å². The largest absolute Gasteiger partial charge is 0.496 e. The van der Waals surface area contributed by atoms with Gasteiger partial charge < -0.3 is 14.8 Å². The number of amides is 1. The van der Waals surface area contributed by atoms with E-state index < -0.39 is 0 Å². The van der Waals surface area contributed by atoms with E-state index in [2.05, 4.69) is 11.4 Å². The molecule has 0 aliphatic carbocycles. The molecule has 0 atom stereocenters. The topological polar surface area (TPSA) is 47.6 Å². The van der Waals surface area contributed by atoms with E-state index in [-0.39, 0.29) is 5.91 Å². The highest BCUT2D eigenvalue weighted by Crippen LogP contribution is 2.18. The maximum absolute atomic E-state index is 12.1. The molecule has 0 spiro atoms. The number of nitrogens with one attached hydrogen (secondary N) is 1. The van der Waals surface area contributed by atoms with Crippen molar-refractivity contribution in [3.8, 4) is 11.5 Å². The van der Waals surface area contributed by atoms with Crippen molar-refractivity contribution in [3.63, 3.8) is 0 Å². The van der Waals surface area contributed by atoms with Crippen molar-refractivity contribution in [2.45, 2.75) is 20.8 Å². The average molecular weight is 313 g/mol. The fraction of sp³-hybridized carbons (Fsp3) is 0.316. The third kappa shape index (κ3) is 4.74. The number of carbonyl (C=O) groups excluding carboxylic acids is 1. The van der Waals surface area contributed by atoms with E-state index in [0.717, 1.165) is 28.2 Å². The molecule has 2 aromatic carbocycles. The van der Waals surface area contributed by atoms with Crippen LogP contribution in [0.15, 0.2) is 36.4 Å². The molecule has 4 heteroatoms. The molecule has 122 valence electrons. The molecule has 0 saturated carbocycles. The number of ether oxygens (including phenoxy) is 2. The molecular formula is C19H23NO3. The Labute approximate surface area is 137 Å². The number of hydrogen-bond acceptors (Lipinski definition) is 3. The van der Waals surface area contributed by atoms with Crippen molar-refractivity contribution in [2.24, 2.45) is 0 Å². The first kappa shape index (κ1) is 16.9. The third-order valence-electron chi connectivity index (χ3n) is 3.51. The summed E-state index contributed by atoms with van der Waals surface area (Å²) in [5, 5.41) is 2.86. The number of carbonyl (C=O) groups is 1. The second-order valence-corrected chi connectivity index (χ2v) is 5.61. The molecule has 4 nitrogen and oxygen atoms in total. The first-order valence-electron chi connectivity index (χ1n) is 7.63. The highest BCUT2D eigenvalue weighted by molar-refractivity contribution is 5.94. The highest BCUT2D eigenvalue weighted by Gasteiger charge is 2.07. The van der Waals surface area contributed by atoms with E-state index in [1.807, 2.05) is 39.0 Å². The summed E-state index contributed by atoms with van der Waals surface area (Å²) >= 11 is 0. The van der Waals surface area contributed by atoms with Crippen LogP contribution in [0.5, 0.6) is 11.5 Å². The normalized spacial score (nSPS) is 10.3. The molecule has 1 N–H and O–H groups in total. The highest BCUT2D eigenvalue weighted by atomic mass is 16.5. The van der Waals surface area contributed by atoms with Crippen molar-refractivity contribution in [2.75, 3.05) is 20.3 Å². The molecule has 0 aliphatic rings. The summed E-state index contributed by atoms with van der Waals surface area (Å²) in [6.45, 7) is 6.88. The molecule has 0 fully saturated rings. The quantitative estimate of drug-likeness (QED) is 0.831. The van der Waals surface area contributed by atoms with Gasteiger partial charge >= 0.3 is 0 Å². The van der Waals surface area contributed by atoms with E-state index in [9.17, 15) is 4.79 Å². The number of aryl methyl sites for hydroxylation is 3. The predicted octanol–water partition coefficient (Wildman–Crippen LogP) is 3.43. The smallest absolute Gasteiger partial charge is 0.251 e. The molecule has 2 aromatic rings. The van der Waals surface area contributed by atoms with Gasteiger partial charge in [0.25, 0.3) is 5.91 Å². The zero-order valence-corrected chi connectivity index (χ0v) is 14.1. The van der Waals surface area contributed by atoms with Gasteiger partial charge in [-0.3, -0.25) is 4.79 Å². The molecule has 0 aromatic heterocycles. The van der Waals surface area contributed by atoms with Gasteiger partial charge in [-0.2, -0.15) is 0 Å². The van der Waals surface area contributed by atoms with Crippen molar-refractivity contribution in [1.82, 2.24) is 5.32 Å². The lowest BCUT2D eigenvalue weighted by Crippen LogP contribution is -2.28. The van der Waals surface area contributed by atoms with E-state index >= 15 is 0 Å². The molecule has 2 rings (SSSR count). The minimum absolute atomic E-state index is 0.111. The number of hydrogen-bond donors (Lipinski definition) is 1. The van der Waals surface area contributed by atoms with E-state index in [1.165, 1.54) is 0 Å². The summed E-state index contributed by atoms with van der Waals surface area (Å²) in [6.07, 6.45) is 0. The predicted molar refractivity (Wildman–Crippen MR) is 91.5 cm³/mol. The standard InChI is InChI=1S/C19H23NO3/c1-13-9-14(2)11-17(10-13)23-8-7-20-19(21)16-5-6-18(22-4)15(3)12-16/h5-6,9-12H,7-8H2,1-4H3,(H,20,21). The fourth-order valence-electron chi connectivity index (χ4n) is 2.47. The Morgan fingerprint density at radius 2 is 1.74 bits per heavy atom. The van der Waals surface area contributed by atoms with E-state index in [4.69, 9.17) is 9.47 Å². The number of rotatable bonds is 6.